The number of benzene rings is 3. The molecule has 11 nitrogen and oxygen atoms in total. The van der Waals surface area contributed by atoms with E-state index in [4.69, 9.17) is 9.47 Å². The van der Waals surface area contributed by atoms with Crippen LogP contribution in [0.5, 0.6) is 11.5 Å². The number of hydrazone groups is 1. The smallest absolute Gasteiger partial charge is 0.273 e. The minimum atomic E-state index is -0.538. The van der Waals surface area contributed by atoms with E-state index in [2.05, 4.69) is 10.5 Å². The number of nitro groups is 2. The van der Waals surface area contributed by atoms with Crippen LogP contribution in [0.25, 0.3) is 0 Å². The average molecular weight is 478 g/mol. The SMILES string of the molecule is CCOc1cc(/C=N/NC(=O)Cc2ccccc2[N+](=O)[O-])ccc1OCc1cccc([N+](=O)[O-])c1. The predicted octanol–water partition coefficient (Wildman–Crippen LogP) is 4.17. The van der Waals surface area contributed by atoms with Gasteiger partial charge in [-0.3, -0.25) is 25.0 Å². The van der Waals surface area contributed by atoms with Crippen molar-refractivity contribution in [1.82, 2.24) is 5.43 Å². The number of hydrogen-bond acceptors (Lipinski definition) is 8. The molecule has 0 spiro atoms. The number of carbonyl (C=O) groups excluding carboxylic acids is 1. The first kappa shape index (κ1) is 24.8. The summed E-state index contributed by atoms with van der Waals surface area (Å²) in [6.45, 7) is 2.30. The molecule has 11 heteroatoms. The Balaban J connectivity index is 1.64. The molecule has 3 aromatic rings. The zero-order valence-corrected chi connectivity index (χ0v) is 18.7. The molecule has 35 heavy (non-hydrogen) atoms. The lowest BCUT2D eigenvalue weighted by molar-refractivity contribution is -0.385. The van der Waals surface area contributed by atoms with Gasteiger partial charge in [0.15, 0.2) is 11.5 Å². The van der Waals surface area contributed by atoms with Crippen molar-refractivity contribution >= 4 is 23.5 Å². The van der Waals surface area contributed by atoms with Crippen LogP contribution < -0.4 is 14.9 Å². The number of rotatable bonds is 11. The lowest BCUT2D eigenvalue weighted by atomic mass is 10.1. The maximum absolute atomic E-state index is 12.2. The van der Waals surface area contributed by atoms with E-state index < -0.39 is 15.8 Å². The number of carbonyl (C=O) groups is 1. The van der Waals surface area contributed by atoms with Gasteiger partial charge >= 0.3 is 0 Å². The van der Waals surface area contributed by atoms with E-state index in [0.717, 1.165) is 0 Å². The number of hydrogen-bond donors (Lipinski definition) is 1. The van der Waals surface area contributed by atoms with Gasteiger partial charge in [0.2, 0.25) is 5.91 Å². The Bertz CT molecular complexity index is 1260. The zero-order chi connectivity index (χ0) is 25.2. The van der Waals surface area contributed by atoms with Crippen molar-refractivity contribution in [2.24, 2.45) is 5.10 Å². The van der Waals surface area contributed by atoms with Crippen molar-refractivity contribution in [3.8, 4) is 11.5 Å². The van der Waals surface area contributed by atoms with Crippen molar-refractivity contribution < 1.29 is 24.1 Å². The molecule has 0 bridgehead atoms. The summed E-state index contributed by atoms with van der Waals surface area (Å²) in [6, 6.07) is 17.2. The summed E-state index contributed by atoms with van der Waals surface area (Å²) in [5.41, 5.74) is 3.73. The molecule has 0 atom stereocenters. The van der Waals surface area contributed by atoms with E-state index in [0.29, 0.717) is 29.2 Å². The number of ether oxygens (including phenoxy) is 2. The fourth-order valence-electron chi connectivity index (χ4n) is 3.14. The normalized spacial score (nSPS) is 10.7. The van der Waals surface area contributed by atoms with Crippen LogP contribution in [0.3, 0.4) is 0 Å². The second-order valence-corrected chi connectivity index (χ2v) is 7.21. The highest BCUT2D eigenvalue weighted by Gasteiger charge is 2.15. The molecule has 0 heterocycles. The summed E-state index contributed by atoms with van der Waals surface area (Å²) in [5, 5.41) is 25.9. The van der Waals surface area contributed by atoms with Crippen LogP contribution in [0, 0.1) is 20.2 Å². The van der Waals surface area contributed by atoms with Crippen molar-refractivity contribution in [2.45, 2.75) is 20.0 Å². The van der Waals surface area contributed by atoms with Crippen LogP contribution in [-0.4, -0.2) is 28.6 Å². The van der Waals surface area contributed by atoms with Crippen LogP contribution >= 0.6 is 0 Å². The monoisotopic (exact) mass is 478 g/mol. The van der Waals surface area contributed by atoms with Crippen LogP contribution in [0.1, 0.15) is 23.6 Å². The minimum Gasteiger partial charge on any atom is -0.490 e. The van der Waals surface area contributed by atoms with Gasteiger partial charge in [-0.2, -0.15) is 5.10 Å². The van der Waals surface area contributed by atoms with Gasteiger partial charge in [-0.05, 0) is 36.2 Å². The van der Waals surface area contributed by atoms with E-state index in [1.807, 2.05) is 6.92 Å². The Morgan fingerprint density at radius 2 is 1.77 bits per heavy atom. The molecule has 0 unspecified atom stereocenters. The number of nitrogens with zero attached hydrogens (tertiary/aromatic N) is 3. The summed E-state index contributed by atoms with van der Waals surface area (Å²) in [6.07, 6.45) is 1.22. The third-order valence-corrected chi connectivity index (χ3v) is 4.73. The largest absolute Gasteiger partial charge is 0.490 e. The number of nitrogens with one attached hydrogen (secondary N) is 1. The first-order chi connectivity index (χ1) is 16.9. The highest BCUT2D eigenvalue weighted by atomic mass is 16.6. The maximum Gasteiger partial charge on any atom is 0.273 e. The number of amides is 1. The Hall–Kier alpha value is -4.80. The average Bonchev–Trinajstić information content (AvgIpc) is 2.84. The fourth-order valence-corrected chi connectivity index (χ4v) is 3.14. The van der Waals surface area contributed by atoms with Gasteiger partial charge in [0.25, 0.3) is 11.4 Å². The number of para-hydroxylation sites is 1. The number of non-ortho nitro benzene ring substituents is 1. The summed E-state index contributed by atoms with van der Waals surface area (Å²) in [7, 11) is 0. The molecule has 0 saturated carbocycles. The van der Waals surface area contributed by atoms with Gasteiger partial charge in [0.1, 0.15) is 6.61 Å². The van der Waals surface area contributed by atoms with E-state index in [1.165, 1.54) is 36.5 Å². The zero-order valence-electron chi connectivity index (χ0n) is 18.7. The Morgan fingerprint density at radius 3 is 2.51 bits per heavy atom. The van der Waals surface area contributed by atoms with Crippen LogP contribution in [0.15, 0.2) is 71.8 Å². The maximum atomic E-state index is 12.2. The summed E-state index contributed by atoms with van der Waals surface area (Å²) >= 11 is 0. The first-order valence-electron chi connectivity index (χ1n) is 10.5. The van der Waals surface area contributed by atoms with Gasteiger partial charge in [-0.15, -0.1) is 0 Å². The van der Waals surface area contributed by atoms with Crippen LogP contribution in [0.2, 0.25) is 0 Å². The molecule has 1 N–H and O–H groups in total. The predicted molar refractivity (Wildman–Crippen MR) is 128 cm³/mol. The van der Waals surface area contributed by atoms with Gasteiger partial charge < -0.3 is 9.47 Å². The second kappa shape index (κ2) is 11.9. The molecule has 1 amide bonds. The first-order valence-corrected chi connectivity index (χ1v) is 10.5. The summed E-state index contributed by atoms with van der Waals surface area (Å²) < 4.78 is 11.4. The molecule has 0 aliphatic heterocycles. The molecule has 3 aromatic carbocycles. The van der Waals surface area contributed by atoms with Gasteiger partial charge in [0.05, 0.1) is 29.1 Å². The Labute approximate surface area is 200 Å². The quantitative estimate of drug-likeness (QED) is 0.247. The van der Waals surface area contributed by atoms with Crippen LogP contribution in [-0.2, 0) is 17.8 Å². The van der Waals surface area contributed by atoms with E-state index in [-0.39, 0.29) is 30.0 Å². The Morgan fingerprint density at radius 1 is 0.971 bits per heavy atom. The fraction of sp³-hybridized carbons (Fsp3) is 0.167. The third-order valence-electron chi connectivity index (χ3n) is 4.73. The van der Waals surface area contributed by atoms with Gasteiger partial charge in [-0.1, -0.05) is 30.3 Å². The molecule has 0 aliphatic rings. The molecule has 3 rings (SSSR count). The molecule has 0 saturated heterocycles. The standard InChI is InChI=1S/C24H22N4O7/c1-2-34-23-13-17(10-11-22(23)35-16-18-6-5-8-20(12-18)27(30)31)15-25-26-24(29)14-19-7-3-4-9-21(19)28(32)33/h3-13,15H,2,14,16H2,1H3,(H,26,29)/b25-15+. The van der Waals surface area contributed by atoms with E-state index >= 15 is 0 Å². The highest BCUT2D eigenvalue weighted by molar-refractivity contribution is 5.84. The molecule has 0 aromatic heterocycles. The van der Waals surface area contributed by atoms with Crippen molar-refractivity contribution in [3.05, 3.63) is 104 Å². The summed E-state index contributed by atoms with van der Waals surface area (Å²) in [4.78, 5) is 33.2. The van der Waals surface area contributed by atoms with Crippen LogP contribution in [0.4, 0.5) is 11.4 Å². The minimum absolute atomic E-state index is 0.0217. The Kier molecular flexibility index (Phi) is 8.43. The van der Waals surface area contributed by atoms with Crippen molar-refractivity contribution in [3.63, 3.8) is 0 Å². The van der Waals surface area contributed by atoms with E-state index in [9.17, 15) is 25.0 Å². The molecule has 180 valence electrons. The lowest BCUT2D eigenvalue weighted by Crippen LogP contribution is -2.20. The summed E-state index contributed by atoms with van der Waals surface area (Å²) in [5.74, 6) is 0.376. The van der Waals surface area contributed by atoms with Crippen molar-refractivity contribution in [1.29, 1.82) is 0 Å². The molecule has 0 radical (unpaired) electrons. The molecule has 0 aliphatic carbocycles. The highest BCUT2D eigenvalue weighted by Crippen LogP contribution is 2.29. The molecular formula is C24H22N4O7. The lowest BCUT2D eigenvalue weighted by Gasteiger charge is -2.12. The van der Waals surface area contributed by atoms with Gasteiger partial charge in [-0.25, -0.2) is 5.43 Å². The van der Waals surface area contributed by atoms with Crippen molar-refractivity contribution in [2.75, 3.05) is 6.61 Å². The number of nitro benzene ring substituents is 2. The van der Waals surface area contributed by atoms with E-state index in [1.54, 1.807) is 36.4 Å². The molecular weight excluding hydrogens is 456 g/mol. The second-order valence-electron chi connectivity index (χ2n) is 7.21. The topological polar surface area (TPSA) is 146 Å². The molecule has 0 fully saturated rings. The van der Waals surface area contributed by atoms with Gasteiger partial charge in [0, 0.05) is 23.8 Å². The third kappa shape index (κ3) is 7.09.